The number of hydrogen-bond acceptors (Lipinski definition) is 1. The maximum Gasteiger partial charge on any atom is 0.191 e. The zero-order chi connectivity index (χ0) is 14.1. The number of hydrogen-bond donors (Lipinski definition) is 2. The van der Waals surface area contributed by atoms with Gasteiger partial charge in [-0.25, -0.2) is 8.78 Å². The standard InChI is InChI=1S/C14H19F2N3.HI/c1-3-8-18-14(17-4-2)19-9-7-11-5-6-12(15)10-13(11)16;/h3,5-6,10H,1,4,7-9H2,2H3,(H2,17,18,19);1H. The van der Waals surface area contributed by atoms with Gasteiger partial charge in [0.05, 0.1) is 0 Å². The van der Waals surface area contributed by atoms with Gasteiger partial charge in [-0.15, -0.1) is 30.6 Å². The molecule has 0 bridgehead atoms. The lowest BCUT2D eigenvalue weighted by Crippen LogP contribution is -2.37. The number of aliphatic imine (C=N–C) groups is 1. The lowest BCUT2D eigenvalue weighted by atomic mass is 10.1. The smallest absolute Gasteiger partial charge is 0.191 e. The highest BCUT2D eigenvalue weighted by molar-refractivity contribution is 14.0. The summed E-state index contributed by atoms with van der Waals surface area (Å²) in [5.41, 5.74) is 0.463. The van der Waals surface area contributed by atoms with Gasteiger partial charge in [0.1, 0.15) is 11.6 Å². The first-order valence-corrected chi connectivity index (χ1v) is 6.24. The maximum absolute atomic E-state index is 13.4. The Kier molecular flexibility index (Phi) is 9.96. The third kappa shape index (κ3) is 6.83. The summed E-state index contributed by atoms with van der Waals surface area (Å²) in [6, 6.07) is 3.59. The summed E-state index contributed by atoms with van der Waals surface area (Å²) in [6.07, 6.45) is 2.16. The van der Waals surface area contributed by atoms with Gasteiger partial charge >= 0.3 is 0 Å². The highest BCUT2D eigenvalue weighted by Gasteiger charge is 2.03. The first-order chi connectivity index (χ1) is 9.17. The first-order valence-electron chi connectivity index (χ1n) is 6.24. The molecule has 0 radical (unpaired) electrons. The zero-order valence-electron chi connectivity index (χ0n) is 11.5. The number of guanidine groups is 1. The van der Waals surface area contributed by atoms with Crippen LogP contribution in [0.4, 0.5) is 8.78 Å². The van der Waals surface area contributed by atoms with Gasteiger partial charge < -0.3 is 10.6 Å². The van der Waals surface area contributed by atoms with Gasteiger partial charge in [-0.05, 0) is 25.0 Å². The van der Waals surface area contributed by atoms with Gasteiger partial charge in [-0.3, -0.25) is 4.99 Å². The molecular weight excluding hydrogens is 375 g/mol. The van der Waals surface area contributed by atoms with E-state index in [9.17, 15) is 8.78 Å². The van der Waals surface area contributed by atoms with Crippen molar-refractivity contribution in [2.24, 2.45) is 4.99 Å². The molecule has 20 heavy (non-hydrogen) atoms. The van der Waals surface area contributed by atoms with Crippen molar-refractivity contribution in [1.82, 2.24) is 10.6 Å². The van der Waals surface area contributed by atoms with Crippen LogP contribution in [-0.4, -0.2) is 25.6 Å². The molecule has 1 rings (SSSR count). The van der Waals surface area contributed by atoms with Crippen LogP contribution in [0.25, 0.3) is 0 Å². The number of nitrogens with zero attached hydrogens (tertiary/aromatic N) is 1. The summed E-state index contributed by atoms with van der Waals surface area (Å²) in [4.78, 5) is 4.30. The quantitative estimate of drug-likeness (QED) is 0.337. The lowest BCUT2D eigenvalue weighted by Gasteiger charge is -2.09. The van der Waals surface area contributed by atoms with Crippen LogP contribution >= 0.6 is 24.0 Å². The molecule has 0 saturated heterocycles. The molecule has 0 aliphatic rings. The van der Waals surface area contributed by atoms with E-state index in [1.807, 2.05) is 6.92 Å². The summed E-state index contributed by atoms with van der Waals surface area (Å²) >= 11 is 0. The summed E-state index contributed by atoms with van der Waals surface area (Å²) in [5.74, 6) is -0.435. The van der Waals surface area contributed by atoms with Crippen LogP contribution in [0, 0.1) is 11.6 Å². The SMILES string of the molecule is C=CCNC(=NCCc1ccc(F)cc1F)NCC.I. The highest BCUT2D eigenvalue weighted by atomic mass is 127. The van der Waals surface area contributed by atoms with E-state index in [1.165, 1.54) is 12.1 Å². The Balaban J connectivity index is 0.00000361. The number of nitrogens with one attached hydrogen (secondary N) is 2. The van der Waals surface area contributed by atoms with Crippen LogP contribution in [0.5, 0.6) is 0 Å². The summed E-state index contributed by atoms with van der Waals surface area (Å²) in [7, 11) is 0. The Morgan fingerprint density at radius 3 is 2.70 bits per heavy atom. The average Bonchev–Trinajstić information content (AvgIpc) is 2.38. The van der Waals surface area contributed by atoms with Gasteiger partial charge in [0.25, 0.3) is 0 Å². The molecule has 0 aliphatic heterocycles. The number of rotatable bonds is 6. The second kappa shape index (κ2) is 10.6. The van der Waals surface area contributed by atoms with Crippen molar-refractivity contribution in [3.05, 3.63) is 48.1 Å². The molecule has 2 N–H and O–H groups in total. The van der Waals surface area contributed by atoms with Crippen LogP contribution in [-0.2, 0) is 6.42 Å². The van der Waals surface area contributed by atoms with Gasteiger partial charge in [-0.2, -0.15) is 0 Å². The first kappa shape index (κ1) is 18.8. The molecule has 0 atom stereocenters. The second-order valence-electron chi connectivity index (χ2n) is 3.92. The molecule has 0 spiro atoms. The Morgan fingerprint density at radius 1 is 1.35 bits per heavy atom. The van der Waals surface area contributed by atoms with E-state index in [4.69, 9.17) is 0 Å². The van der Waals surface area contributed by atoms with Crippen molar-refractivity contribution in [3.63, 3.8) is 0 Å². The van der Waals surface area contributed by atoms with Crippen molar-refractivity contribution in [1.29, 1.82) is 0 Å². The fraction of sp³-hybridized carbons (Fsp3) is 0.357. The van der Waals surface area contributed by atoms with Crippen molar-refractivity contribution >= 4 is 29.9 Å². The van der Waals surface area contributed by atoms with E-state index in [1.54, 1.807) is 6.08 Å². The molecule has 6 heteroatoms. The number of halogens is 3. The number of benzene rings is 1. The minimum atomic E-state index is -0.564. The normalized spacial score (nSPS) is 10.7. The molecule has 0 aliphatic carbocycles. The molecule has 0 fully saturated rings. The topological polar surface area (TPSA) is 36.4 Å². The van der Waals surface area contributed by atoms with Crippen LogP contribution in [0.15, 0.2) is 35.8 Å². The fourth-order valence-corrected chi connectivity index (χ4v) is 1.52. The third-order valence-corrected chi connectivity index (χ3v) is 2.42. The van der Waals surface area contributed by atoms with Crippen molar-refractivity contribution < 1.29 is 8.78 Å². The van der Waals surface area contributed by atoms with E-state index in [0.29, 0.717) is 31.0 Å². The Morgan fingerprint density at radius 2 is 2.10 bits per heavy atom. The molecule has 0 heterocycles. The van der Waals surface area contributed by atoms with Crippen LogP contribution in [0.3, 0.4) is 0 Å². The molecule has 1 aromatic rings. The summed E-state index contributed by atoms with van der Waals surface area (Å²) in [6.45, 7) is 7.35. The molecule has 0 unspecified atom stereocenters. The summed E-state index contributed by atoms with van der Waals surface area (Å²) < 4.78 is 26.1. The predicted octanol–water partition coefficient (Wildman–Crippen LogP) is 2.87. The molecule has 0 aromatic heterocycles. The molecule has 0 saturated carbocycles. The van der Waals surface area contributed by atoms with Crippen molar-refractivity contribution in [2.75, 3.05) is 19.6 Å². The molecule has 0 amide bonds. The highest BCUT2D eigenvalue weighted by Crippen LogP contribution is 2.09. The van der Waals surface area contributed by atoms with Crippen LogP contribution in [0.1, 0.15) is 12.5 Å². The van der Waals surface area contributed by atoms with Gasteiger partial charge in [0.2, 0.25) is 0 Å². The van der Waals surface area contributed by atoms with Crippen LogP contribution < -0.4 is 10.6 Å². The maximum atomic E-state index is 13.4. The van der Waals surface area contributed by atoms with Crippen molar-refractivity contribution in [2.45, 2.75) is 13.3 Å². The second-order valence-corrected chi connectivity index (χ2v) is 3.92. The van der Waals surface area contributed by atoms with Gasteiger partial charge in [-0.1, -0.05) is 12.1 Å². The van der Waals surface area contributed by atoms with E-state index in [-0.39, 0.29) is 24.0 Å². The minimum absolute atomic E-state index is 0. The fourth-order valence-electron chi connectivity index (χ4n) is 1.52. The monoisotopic (exact) mass is 395 g/mol. The Hall–Kier alpha value is -1.18. The molecular formula is C14H20F2IN3. The third-order valence-electron chi connectivity index (χ3n) is 2.42. The van der Waals surface area contributed by atoms with E-state index < -0.39 is 11.6 Å². The Labute approximate surface area is 135 Å². The van der Waals surface area contributed by atoms with E-state index >= 15 is 0 Å². The average molecular weight is 395 g/mol. The summed E-state index contributed by atoms with van der Waals surface area (Å²) in [5, 5.41) is 6.11. The van der Waals surface area contributed by atoms with Gasteiger partial charge in [0.15, 0.2) is 5.96 Å². The van der Waals surface area contributed by atoms with E-state index in [0.717, 1.165) is 12.6 Å². The molecule has 3 nitrogen and oxygen atoms in total. The molecule has 1 aromatic carbocycles. The Bertz CT molecular complexity index is 450. The minimum Gasteiger partial charge on any atom is -0.357 e. The van der Waals surface area contributed by atoms with Gasteiger partial charge in [0, 0.05) is 25.7 Å². The van der Waals surface area contributed by atoms with Crippen molar-refractivity contribution in [3.8, 4) is 0 Å². The molecule has 112 valence electrons. The largest absolute Gasteiger partial charge is 0.357 e. The van der Waals surface area contributed by atoms with Crippen LogP contribution in [0.2, 0.25) is 0 Å². The van der Waals surface area contributed by atoms with E-state index in [2.05, 4.69) is 22.2 Å². The zero-order valence-corrected chi connectivity index (χ0v) is 13.8. The lowest BCUT2D eigenvalue weighted by molar-refractivity contribution is 0.572. The predicted molar refractivity (Wildman–Crippen MR) is 89.7 cm³/mol.